The molecule has 2 saturated heterocycles. The first kappa shape index (κ1) is 18.5. The van der Waals surface area contributed by atoms with Crippen molar-refractivity contribution in [3.63, 3.8) is 0 Å². The van der Waals surface area contributed by atoms with E-state index in [4.69, 9.17) is 4.74 Å². The first-order valence-corrected chi connectivity index (χ1v) is 9.61. The largest absolute Gasteiger partial charge is 0.492 e. The van der Waals surface area contributed by atoms with Gasteiger partial charge < -0.3 is 19.9 Å². The van der Waals surface area contributed by atoms with Gasteiger partial charge in [0.1, 0.15) is 11.3 Å². The number of carbonyl (C=O) groups is 2. The van der Waals surface area contributed by atoms with Crippen LogP contribution in [0.3, 0.4) is 0 Å². The highest BCUT2D eigenvalue weighted by Gasteiger charge is 2.53. The minimum absolute atomic E-state index is 0.101. The lowest BCUT2D eigenvalue weighted by Gasteiger charge is -2.45. The zero-order valence-corrected chi connectivity index (χ0v) is 16.0. The molecule has 1 N–H and O–H groups in total. The van der Waals surface area contributed by atoms with Gasteiger partial charge in [0.2, 0.25) is 5.91 Å². The molecular formula is C20H29N3O3. The Balaban J connectivity index is 1.82. The summed E-state index contributed by atoms with van der Waals surface area (Å²) < 4.78 is 5.60. The Morgan fingerprint density at radius 1 is 1.23 bits per heavy atom. The molecule has 1 spiro atoms. The van der Waals surface area contributed by atoms with E-state index in [0.29, 0.717) is 24.6 Å². The standard InChI is InChI=1S/C20H29N3O3/c1-4-26-17-10-6-5-9-16(17)21-19(25)23-14-8-12-20(23)11-7-13-22(15(2)3)18(20)24/h5-6,9-10,15H,4,7-8,11-14H2,1-3H3,(H,21,25). The van der Waals surface area contributed by atoms with Crippen LogP contribution in [0.25, 0.3) is 0 Å². The van der Waals surface area contributed by atoms with Crippen LogP contribution in [-0.4, -0.2) is 53.0 Å². The fourth-order valence-corrected chi connectivity index (χ4v) is 4.20. The SMILES string of the molecule is CCOc1ccccc1NC(=O)N1CCCC12CCCN(C(C)C)C2=O. The monoisotopic (exact) mass is 359 g/mol. The first-order chi connectivity index (χ1) is 12.5. The number of nitrogens with zero attached hydrogens (tertiary/aromatic N) is 2. The number of piperidine rings is 1. The molecule has 26 heavy (non-hydrogen) atoms. The summed E-state index contributed by atoms with van der Waals surface area (Å²) in [6.07, 6.45) is 3.28. The van der Waals surface area contributed by atoms with E-state index in [9.17, 15) is 9.59 Å². The van der Waals surface area contributed by atoms with Crippen molar-refractivity contribution in [3.05, 3.63) is 24.3 Å². The molecule has 3 amide bonds. The summed E-state index contributed by atoms with van der Waals surface area (Å²) in [7, 11) is 0. The molecule has 0 radical (unpaired) electrons. The number of carbonyl (C=O) groups excluding carboxylic acids is 2. The Hall–Kier alpha value is -2.24. The van der Waals surface area contributed by atoms with E-state index >= 15 is 0 Å². The van der Waals surface area contributed by atoms with Gasteiger partial charge >= 0.3 is 6.03 Å². The summed E-state index contributed by atoms with van der Waals surface area (Å²) in [5.41, 5.74) is -0.0435. The third kappa shape index (κ3) is 3.24. The zero-order chi connectivity index (χ0) is 18.7. The molecule has 0 saturated carbocycles. The number of amides is 3. The highest BCUT2D eigenvalue weighted by molar-refractivity contribution is 5.97. The van der Waals surface area contributed by atoms with Gasteiger partial charge in [-0.25, -0.2) is 4.79 Å². The number of benzene rings is 1. The zero-order valence-electron chi connectivity index (χ0n) is 16.0. The molecule has 0 aliphatic carbocycles. The normalized spacial score (nSPS) is 23.0. The number of anilines is 1. The summed E-state index contributed by atoms with van der Waals surface area (Å²) in [4.78, 5) is 29.9. The molecule has 6 nitrogen and oxygen atoms in total. The molecule has 0 bridgehead atoms. The first-order valence-electron chi connectivity index (χ1n) is 9.61. The van der Waals surface area contributed by atoms with Crippen LogP contribution in [0.15, 0.2) is 24.3 Å². The predicted octanol–water partition coefficient (Wildman–Crippen LogP) is 3.48. The quantitative estimate of drug-likeness (QED) is 0.895. The molecule has 1 unspecified atom stereocenters. The summed E-state index contributed by atoms with van der Waals surface area (Å²) in [6, 6.07) is 7.35. The van der Waals surface area contributed by atoms with E-state index in [1.807, 2.05) is 49.9 Å². The minimum Gasteiger partial charge on any atom is -0.492 e. The third-order valence-corrected chi connectivity index (χ3v) is 5.43. The summed E-state index contributed by atoms with van der Waals surface area (Å²) in [5.74, 6) is 0.750. The van der Waals surface area contributed by atoms with Crippen molar-refractivity contribution in [2.45, 2.75) is 58.0 Å². The van der Waals surface area contributed by atoms with E-state index in [0.717, 1.165) is 32.2 Å². The molecule has 142 valence electrons. The fourth-order valence-electron chi connectivity index (χ4n) is 4.20. The van der Waals surface area contributed by atoms with Crippen LogP contribution in [0.4, 0.5) is 10.5 Å². The lowest BCUT2D eigenvalue weighted by Crippen LogP contribution is -2.63. The van der Waals surface area contributed by atoms with Crippen LogP contribution in [0.2, 0.25) is 0 Å². The van der Waals surface area contributed by atoms with Crippen molar-refractivity contribution < 1.29 is 14.3 Å². The van der Waals surface area contributed by atoms with E-state index in [1.165, 1.54) is 0 Å². The lowest BCUT2D eigenvalue weighted by molar-refractivity contribution is -0.147. The molecule has 2 aliphatic rings. The average molecular weight is 359 g/mol. The topological polar surface area (TPSA) is 61.9 Å². The van der Waals surface area contributed by atoms with Crippen LogP contribution in [0.1, 0.15) is 46.5 Å². The minimum atomic E-state index is -0.687. The van der Waals surface area contributed by atoms with Crippen molar-refractivity contribution >= 4 is 17.6 Å². The Labute approximate surface area is 155 Å². The van der Waals surface area contributed by atoms with Gasteiger partial charge in [-0.2, -0.15) is 0 Å². The lowest BCUT2D eigenvalue weighted by atomic mass is 9.85. The fraction of sp³-hybridized carbons (Fsp3) is 0.600. The molecule has 1 aromatic carbocycles. The molecule has 1 atom stereocenters. The average Bonchev–Trinajstić information content (AvgIpc) is 3.04. The van der Waals surface area contributed by atoms with Crippen LogP contribution in [0, 0.1) is 0 Å². The van der Waals surface area contributed by atoms with Gasteiger partial charge in [-0.15, -0.1) is 0 Å². The van der Waals surface area contributed by atoms with Crippen LogP contribution < -0.4 is 10.1 Å². The molecule has 2 heterocycles. The summed E-state index contributed by atoms with van der Waals surface area (Å²) in [6.45, 7) is 7.90. The number of hydrogen-bond acceptors (Lipinski definition) is 3. The van der Waals surface area contributed by atoms with Crippen LogP contribution in [-0.2, 0) is 4.79 Å². The number of ether oxygens (including phenoxy) is 1. The third-order valence-electron chi connectivity index (χ3n) is 5.43. The molecular weight excluding hydrogens is 330 g/mol. The molecule has 0 aromatic heterocycles. The second kappa shape index (κ2) is 7.56. The van der Waals surface area contributed by atoms with Gasteiger partial charge in [-0.3, -0.25) is 4.79 Å². The van der Waals surface area contributed by atoms with Gasteiger partial charge in [0, 0.05) is 19.1 Å². The van der Waals surface area contributed by atoms with E-state index in [-0.39, 0.29) is 18.0 Å². The highest BCUT2D eigenvalue weighted by atomic mass is 16.5. The van der Waals surface area contributed by atoms with E-state index < -0.39 is 5.54 Å². The maximum absolute atomic E-state index is 13.2. The summed E-state index contributed by atoms with van der Waals surface area (Å²) in [5, 5.41) is 2.96. The molecule has 2 aliphatic heterocycles. The van der Waals surface area contributed by atoms with Crippen molar-refractivity contribution in [3.8, 4) is 5.75 Å². The smallest absolute Gasteiger partial charge is 0.322 e. The van der Waals surface area contributed by atoms with Gasteiger partial charge in [0.15, 0.2) is 0 Å². The van der Waals surface area contributed by atoms with Gasteiger partial charge in [0.05, 0.1) is 12.3 Å². The number of hydrogen-bond donors (Lipinski definition) is 1. The molecule has 6 heteroatoms. The second-order valence-corrected chi connectivity index (χ2v) is 7.34. The number of nitrogens with one attached hydrogen (secondary N) is 1. The number of rotatable bonds is 4. The van der Waals surface area contributed by atoms with Crippen molar-refractivity contribution in [1.29, 1.82) is 0 Å². The summed E-state index contributed by atoms with van der Waals surface area (Å²) >= 11 is 0. The Morgan fingerprint density at radius 3 is 2.62 bits per heavy atom. The number of likely N-dealkylation sites (tertiary alicyclic amines) is 2. The number of urea groups is 1. The Morgan fingerprint density at radius 2 is 1.92 bits per heavy atom. The van der Waals surface area contributed by atoms with E-state index in [2.05, 4.69) is 5.32 Å². The number of para-hydroxylation sites is 2. The molecule has 2 fully saturated rings. The molecule has 1 aromatic rings. The van der Waals surface area contributed by atoms with Crippen LogP contribution in [0.5, 0.6) is 5.75 Å². The Kier molecular flexibility index (Phi) is 5.39. The maximum atomic E-state index is 13.2. The van der Waals surface area contributed by atoms with Crippen molar-refractivity contribution in [2.24, 2.45) is 0 Å². The van der Waals surface area contributed by atoms with Gasteiger partial charge in [-0.1, -0.05) is 12.1 Å². The second-order valence-electron chi connectivity index (χ2n) is 7.34. The maximum Gasteiger partial charge on any atom is 0.322 e. The molecule has 3 rings (SSSR count). The van der Waals surface area contributed by atoms with Crippen molar-refractivity contribution in [2.75, 3.05) is 25.0 Å². The van der Waals surface area contributed by atoms with E-state index in [1.54, 1.807) is 4.90 Å². The Bertz CT molecular complexity index is 676. The van der Waals surface area contributed by atoms with Gasteiger partial charge in [-0.05, 0) is 58.6 Å². The predicted molar refractivity (Wildman–Crippen MR) is 101 cm³/mol. The van der Waals surface area contributed by atoms with Crippen LogP contribution >= 0.6 is 0 Å². The van der Waals surface area contributed by atoms with Crippen molar-refractivity contribution in [1.82, 2.24) is 9.80 Å². The highest BCUT2D eigenvalue weighted by Crippen LogP contribution is 2.39. The van der Waals surface area contributed by atoms with Gasteiger partial charge in [0.25, 0.3) is 0 Å².